The monoisotopic (exact) mass is 370 g/mol. The van der Waals surface area contributed by atoms with Gasteiger partial charge in [0.05, 0.1) is 7.11 Å². The molecule has 1 fully saturated rings. The number of hydrogen-bond donors (Lipinski definition) is 1. The van der Waals surface area contributed by atoms with E-state index in [0.717, 1.165) is 30.0 Å². The number of aliphatic hydroxyl groups is 1. The average Bonchev–Trinajstić information content (AvgIpc) is 3.08. The molecule has 0 saturated carbocycles. The molecular formula is C20H26N4O3. The van der Waals surface area contributed by atoms with E-state index < -0.39 is 0 Å². The smallest absolute Gasteiger partial charge is 0.253 e. The Labute approximate surface area is 159 Å². The zero-order chi connectivity index (χ0) is 19.4. The first kappa shape index (κ1) is 19.1. The lowest BCUT2D eigenvalue weighted by Crippen LogP contribution is -2.38. The number of aliphatic hydroxyl groups excluding tert-OH is 1. The van der Waals surface area contributed by atoms with Crippen LogP contribution >= 0.6 is 0 Å². The van der Waals surface area contributed by atoms with E-state index in [1.54, 1.807) is 13.2 Å². The Bertz CT molecular complexity index is 823. The van der Waals surface area contributed by atoms with Gasteiger partial charge in [0.15, 0.2) is 5.82 Å². The SMILES string of the molecule is C=CCc1cc(C(=O)N2CCC(c3nnc(CO)n3C)CC2)ccc1OC. The molecule has 0 aliphatic carbocycles. The summed E-state index contributed by atoms with van der Waals surface area (Å²) in [6, 6.07) is 5.55. The van der Waals surface area contributed by atoms with E-state index >= 15 is 0 Å². The van der Waals surface area contributed by atoms with Gasteiger partial charge in [0.1, 0.15) is 18.2 Å². The van der Waals surface area contributed by atoms with Crippen LogP contribution in [0.15, 0.2) is 30.9 Å². The van der Waals surface area contributed by atoms with E-state index in [-0.39, 0.29) is 18.4 Å². The predicted molar refractivity (Wildman–Crippen MR) is 102 cm³/mol. The van der Waals surface area contributed by atoms with E-state index in [1.807, 2.05) is 34.7 Å². The van der Waals surface area contributed by atoms with E-state index in [1.165, 1.54) is 0 Å². The number of aromatic nitrogens is 3. The Hall–Kier alpha value is -2.67. The van der Waals surface area contributed by atoms with Crippen molar-refractivity contribution < 1.29 is 14.6 Å². The van der Waals surface area contributed by atoms with Crippen molar-refractivity contribution in [3.8, 4) is 5.75 Å². The van der Waals surface area contributed by atoms with Gasteiger partial charge in [-0.25, -0.2) is 0 Å². The molecule has 0 radical (unpaired) electrons. The van der Waals surface area contributed by atoms with Crippen LogP contribution in [0.1, 0.15) is 46.3 Å². The molecule has 0 spiro atoms. The maximum Gasteiger partial charge on any atom is 0.253 e. The van der Waals surface area contributed by atoms with E-state index in [2.05, 4.69) is 16.8 Å². The van der Waals surface area contributed by atoms with Crippen LogP contribution in [0, 0.1) is 0 Å². The van der Waals surface area contributed by atoms with Crippen molar-refractivity contribution >= 4 is 5.91 Å². The van der Waals surface area contributed by atoms with Crippen molar-refractivity contribution in [1.29, 1.82) is 0 Å². The van der Waals surface area contributed by atoms with Gasteiger partial charge in [-0.1, -0.05) is 6.08 Å². The molecule has 0 unspecified atom stereocenters. The number of rotatable bonds is 6. The Kier molecular flexibility index (Phi) is 5.91. The minimum atomic E-state index is -0.120. The molecule has 144 valence electrons. The molecule has 7 nitrogen and oxygen atoms in total. The summed E-state index contributed by atoms with van der Waals surface area (Å²) in [6.07, 6.45) is 4.13. The number of likely N-dealkylation sites (tertiary alicyclic amines) is 1. The van der Waals surface area contributed by atoms with Gasteiger partial charge in [-0.05, 0) is 43.0 Å². The zero-order valence-corrected chi connectivity index (χ0v) is 15.9. The van der Waals surface area contributed by atoms with Gasteiger partial charge in [0.25, 0.3) is 5.91 Å². The number of hydrogen-bond acceptors (Lipinski definition) is 5. The molecule has 0 bridgehead atoms. The van der Waals surface area contributed by atoms with Crippen LogP contribution in [0.5, 0.6) is 5.75 Å². The second-order valence-electron chi connectivity index (χ2n) is 6.78. The largest absolute Gasteiger partial charge is 0.496 e. The molecule has 1 aromatic heterocycles. The van der Waals surface area contributed by atoms with Gasteiger partial charge in [-0.2, -0.15) is 0 Å². The van der Waals surface area contributed by atoms with Crippen molar-refractivity contribution in [2.45, 2.75) is 31.8 Å². The van der Waals surface area contributed by atoms with Crippen LogP contribution in [-0.4, -0.2) is 50.9 Å². The number of piperidine rings is 1. The van der Waals surface area contributed by atoms with Crippen molar-refractivity contribution in [2.24, 2.45) is 7.05 Å². The zero-order valence-electron chi connectivity index (χ0n) is 15.9. The molecule has 2 aromatic rings. The molecule has 0 atom stereocenters. The first-order valence-corrected chi connectivity index (χ1v) is 9.15. The van der Waals surface area contributed by atoms with Crippen LogP contribution in [0.3, 0.4) is 0 Å². The highest BCUT2D eigenvalue weighted by Crippen LogP contribution is 2.28. The van der Waals surface area contributed by atoms with Crippen LogP contribution in [0.2, 0.25) is 0 Å². The number of carbonyl (C=O) groups is 1. The highest BCUT2D eigenvalue weighted by molar-refractivity contribution is 5.94. The van der Waals surface area contributed by atoms with Gasteiger partial charge >= 0.3 is 0 Å². The molecule has 1 amide bonds. The number of ether oxygens (including phenoxy) is 1. The van der Waals surface area contributed by atoms with Gasteiger partial charge in [-0.3, -0.25) is 4.79 Å². The summed E-state index contributed by atoms with van der Waals surface area (Å²) < 4.78 is 7.21. The second-order valence-corrected chi connectivity index (χ2v) is 6.78. The molecule has 3 rings (SSSR count). The maximum absolute atomic E-state index is 12.9. The molecule has 1 saturated heterocycles. The Morgan fingerprint density at radius 2 is 2.11 bits per heavy atom. The summed E-state index contributed by atoms with van der Waals surface area (Å²) in [7, 11) is 3.50. The minimum Gasteiger partial charge on any atom is -0.496 e. The van der Waals surface area contributed by atoms with Crippen LogP contribution in [0.4, 0.5) is 0 Å². The molecule has 7 heteroatoms. The average molecular weight is 370 g/mol. The number of nitrogens with zero attached hydrogens (tertiary/aromatic N) is 4. The molecular weight excluding hydrogens is 344 g/mol. The lowest BCUT2D eigenvalue weighted by molar-refractivity contribution is 0.0710. The third-order valence-corrected chi connectivity index (χ3v) is 5.18. The van der Waals surface area contributed by atoms with Crippen molar-refractivity contribution in [1.82, 2.24) is 19.7 Å². The molecule has 1 aliphatic rings. The lowest BCUT2D eigenvalue weighted by Gasteiger charge is -2.31. The van der Waals surface area contributed by atoms with Gasteiger partial charge < -0.3 is 19.3 Å². The quantitative estimate of drug-likeness (QED) is 0.788. The summed E-state index contributed by atoms with van der Waals surface area (Å²) in [5.74, 6) is 2.50. The molecule has 2 heterocycles. The number of methoxy groups -OCH3 is 1. The van der Waals surface area contributed by atoms with Gasteiger partial charge in [0, 0.05) is 31.6 Å². The minimum absolute atomic E-state index is 0.0374. The van der Waals surface area contributed by atoms with Crippen molar-refractivity contribution in [2.75, 3.05) is 20.2 Å². The van der Waals surface area contributed by atoms with E-state index in [0.29, 0.717) is 30.9 Å². The standard InChI is InChI=1S/C20H26N4O3/c1-4-5-15-12-16(6-7-17(15)27-3)20(26)24-10-8-14(9-11-24)19-22-21-18(13-25)23(19)2/h4,6-7,12,14,25H,1,5,8-11,13H2,2-3H3. The summed E-state index contributed by atoms with van der Waals surface area (Å²) in [4.78, 5) is 14.8. The highest BCUT2D eigenvalue weighted by Gasteiger charge is 2.28. The summed E-state index contributed by atoms with van der Waals surface area (Å²) >= 11 is 0. The number of allylic oxidation sites excluding steroid dienone is 1. The normalized spacial score (nSPS) is 15.0. The summed E-state index contributed by atoms with van der Waals surface area (Å²) in [5, 5.41) is 17.5. The van der Waals surface area contributed by atoms with E-state index in [4.69, 9.17) is 4.74 Å². The third kappa shape index (κ3) is 3.88. The topological polar surface area (TPSA) is 80.5 Å². The fourth-order valence-corrected chi connectivity index (χ4v) is 3.62. The Balaban J connectivity index is 1.68. The highest BCUT2D eigenvalue weighted by atomic mass is 16.5. The first-order valence-electron chi connectivity index (χ1n) is 9.15. The third-order valence-electron chi connectivity index (χ3n) is 5.18. The molecule has 1 aromatic carbocycles. The maximum atomic E-state index is 12.9. The van der Waals surface area contributed by atoms with Gasteiger partial charge in [-0.15, -0.1) is 16.8 Å². The van der Waals surface area contributed by atoms with Crippen LogP contribution in [0.25, 0.3) is 0 Å². The fourth-order valence-electron chi connectivity index (χ4n) is 3.62. The fraction of sp³-hybridized carbons (Fsp3) is 0.450. The number of carbonyl (C=O) groups excluding carboxylic acids is 1. The summed E-state index contributed by atoms with van der Waals surface area (Å²) in [5.41, 5.74) is 1.64. The molecule has 27 heavy (non-hydrogen) atoms. The van der Waals surface area contributed by atoms with Crippen molar-refractivity contribution in [3.05, 3.63) is 53.6 Å². The Morgan fingerprint density at radius 3 is 2.70 bits per heavy atom. The lowest BCUT2D eigenvalue weighted by atomic mass is 9.95. The van der Waals surface area contributed by atoms with Gasteiger partial charge in [0.2, 0.25) is 0 Å². The number of benzene rings is 1. The van der Waals surface area contributed by atoms with Crippen molar-refractivity contribution in [3.63, 3.8) is 0 Å². The second kappa shape index (κ2) is 8.35. The molecule has 1 N–H and O–H groups in total. The number of amides is 1. The van der Waals surface area contributed by atoms with Crippen LogP contribution < -0.4 is 4.74 Å². The predicted octanol–water partition coefficient (Wildman–Crippen LogP) is 2.06. The first-order chi connectivity index (χ1) is 13.1. The van der Waals surface area contributed by atoms with Crippen LogP contribution in [-0.2, 0) is 20.1 Å². The molecule has 1 aliphatic heterocycles. The summed E-state index contributed by atoms with van der Waals surface area (Å²) in [6.45, 7) is 5.00. The Morgan fingerprint density at radius 1 is 1.37 bits per heavy atom. The van der Waals surface area contributed by atoms with E-state index in [9.17, 15) is 9.90 Å².